The first-order valence-corrected chi connectivity index (χ1v) is 4.76. The molecule has 2 saturated heterocycles. The average Bonchev–Trinajstić information content (AvgIpc) is 2.41. The second-order valence-electron chi connectivity index (χ2n) is 4.28. The summed E-state index contributed by atoms with van der Waals surface area (Å²) in [5.41, 5.74) is -0.885. The zero-order valence-electron chi connectivity index (χ0n) is 8.12. The Labute approximate surface area is 82.1 Å². The van der Waals surface area contributed by atoms with Gasteiger partial charge in [0.05, 0.1) is 0 Å². The van der Waals surface area contributed by atoms with Gasteiger partial charge in [-0.3, -0.25) is 9.59 Å². The van der Waals surface area contributed by atoms with Crippen LogP contribution < -0.4 is 5.32 Å². The molecule has 0 radical (unpaired) electrons. The van der Waals surface area contributed by atoms with E-state index in [9.17, 15) is 14.7 Å². The van der Waals surface area contributed by atoms with Crippen LogP contribution in [0.5, 0.6) is 0 Å². The van der Waals surface area contributed by atoms with Gasteiger partial charge in [0.15, 0.2) is 0 Å². The minimum Gasteiger partial charge on any atom is -0.481 e. The summed E-state index contributed by atoms with van der Waals surface area (Å²) >= 11 is 0. The van der Waals surface area contributed by atoms with Crippen LogP contribution in [0.3, 0.4) is 0 Å². The Morgan fingerprint density at radius 3 is 3.07 bits per heavy atom. The quantitative estimate of drug-likeness (QED) is 0.583. The van der Waals surface area contributed by atoms with Crippen LogP contribution in [0, 0.1) is 5.41 Å². The van der Waals surface area contributed by atoms with Crippen LogP contribution >= 0.6 is 0 Å². The van der Waals surface area contributed by atoms with Crippen molar-refractivity contribution >= 4 is 11.9 Å². The molecule has 78 valence electrons. The SMILES string of the molecule is CN1CCC2NC(=O)CC2(C(=O)O)C1. The van der Waals surface area contributed by atoms with Crippen LogP contribution in [-0.2, 0) is 9.59 Å². The predicted octanol–water partition coefficient (Wildman–Crippen LogP) is -0.719. The number of amides is 1. The molecular formula is C9H14N2O3. The van der Waals surface area contributed by atoms with E-state index in [1.54, 1.807) is 0 Å². The fourth-order valence-corrected chi connectivity index (χ4v) is 2.51. The van der Waals surface area contributed by atoms with Gasteiger partial charge in [-0.15, -0.1) is 0 Å². The summed E-state index contributed by atoms with van der Waals surface area (Å²) in [7, 11) is 1.89. The van der Waals surface area contributed by atoms with Crippen molar-refractivity contribution in [1.82, 2.24) is 10.2 Å². The monoisotopic (exact) mass is 198 g/mol. The van der Waals surface area contributed by atoms with Crippen LogP contribution in [0.25, 0.3) is 0 Å². The van der Waals surface area contributed by atoms with Crippen molar-refractivity contribution in [3.05, 3.63) is 0 Å². The van der Waals surface area contributed by atoms with Crippen LogP contribution in [0.15, 0.2) is 0 Å². The number of nitrogens with zero attached hydrogens (tertiary/aromatic N) is 1. The number of rotatable bonds is 1. The molecule has 2 atom stereocenters. The molecular weight excluding hydrogens is 184 g/mol. The third-order valence-corrected chi connectivity index (χ3v) is 3.26. The molecule has 1 amide bonds. The van der Waals surface area contributed by atoms with E-state index >= 15 is 0 Å². The maximum absolute atomic E-state index is 11.2. The topological polar surface area (TPSA) is 69.6 Å². The maximum atomic E-state index is 11.2. The highest BCUT2D eigenvalue weighted by Gasteiger charge is 2.55. The Morgan fingerprint density at radius 1 is 1.71 bits per heavy atom. The van der Waals surface area contributed by atoms with Crippen molar-refractivity contribution in [3.8, 4) is 0 Å². The standard InChI is InChI=1S/C9H14N2O3/c1-11-3-2-6-9(5-11,8(13)14)4-7(12)10-6/h6H,2-5H2,1H3,(H,10,12)(H,13,14). The Morgan fingerprint density at radius 2 is 2.43 bits per heavy atom. The van der Waals surface area contributed by atoms with E-state index in [1.807, 2.05) is 11.9 Å². The smallest absolute Gasteiger partial charge is 0.313 e. The molecule has 5 heteroatoms. The lowest BCUT2D eigenvalue weighted by atomic mass is 9.76. The number of carboxylic acid groups (broad SMARTS) is 1. The lowest BCUT2D eigenvalue weighted by Crippen LogP contribution is -2.54. The number of nitrogens with one attached hydrogen (secondary N) is 1. The first-order chi connectivity index (χ1) is 6.54. The molecule has 2 fully saturated rings. The third-order valence-electron chi connectivity index (χ3n) is 3.26. The van der Waals surface area contributed by atoms with Gasteiger partial charge in [-0.2, -0.15) is 0 Å². The lowest BCUT2D eigenvalue weighted by molar-refractivity contribution is -0.153. The summed E-state index contributed by atoms with van der Waals surface area (Å²) in [6, 6.07) is -0.177. The molecule has 0 saturated carbocycles. The zero-order chi connectivity index (χ0) is 10.3. The molecule has 2 N–H and O–H groups in total. The lowest BCUT2D eigenvalue weighted by Gasteiger charge is -2.39. The van der Waals surface area contributed by atoms with Gasteiger partial charge in [0.25, 0.3) is 0 Å². The minimum atomic E-state index is -0.885. The predicted molar refractivity (Wildman–Crippen MR) is 48.7 cm³/mol. The summed E-state index contributed by atoms with van der Waals surface area (Å²) in [5, 5.41) is 12.0. The van der Waals surface area contributed by atoms with Crippen molar-refractivity contribution in [2.75, 3.05) is 20.1 Å². The fourth-order valence-electron chi connectivity index (χ4n) is 2.51. The average molecular weight is 198 g/mol. The minimum absolute atomic E-state index is 0.122. The normalized spacial score (nSPS) is 37.8. The summed E-state index contributed by atoms with van der Waals surface area (Å²) in [6.07, 6.45) is 0.853. The number of hydrogen-bond acceptors (Lipinski definition) is 3. The molecule has 14 heavy (non-hydrogen) atoms. The van der Waals surface area contributed by atoms with E-state index < -0.39 is 11.4 Å². The van der Waals surface area contributed by atoms with Crippen molar-refractivity contribution in [2.45, 2.75) is 18.9 Å². The van der Waals surface area contributed by atoms with Gasteiger partial charge < -0.3 is 15.3 Å². The summed E-state index contributed by atoms with van der Waals surface area (Å²) in [6.45, 7) is 1.31. The van der Waals surface area contributed by atoms with Gasteiger partial charge >= 0.3 is 5.97 Å². The number of carbonyl (C=O) groups is 2. The van der Waals surface area contributed by atoms with Gasteiger partial charge in [0.2, 0.25) is 5.91 Å². The Bertz CT molecular complexity index is 292. The zero-order valence-corrected chi connectivity index (χ0v) is 8.12. The summed E-state index contributed by atoms with van der Waals surface area (Å²) in [4.78, 5) is 24.4. The van der Waals surface area contributed by atoms with Crippen molar-refractivity contribution in [1.29, 1.82) is 0 Å². The summed E-state index contributed by atoms with van der Waals surface area (Å²) < 4.78 is 0. The Hall–Kier alpha value is -1.10. The highest BCUT2D eigenvalue weighted by Crippen LogP contribution is 2.37. The van der Waals surface area contributed by atoms with E-state index in [0.29, 0.717) is 6.54 Å². The number of carboxylic acids is 1. The van der Waals surface area contributed by atoms with Crippen LogP contribution in [0.2, 0.25) is 0 Å². The molecule has 2 unspecified atom stereocenters. The molecule has 0 aromatic rings. The highest BCUT2D eigenvalue weighted by molar-refractivity contribution is 5.90. The van der Waals surface area contributed by atoms with Gasteiger partial charge in [-0.05, 0) is 20.0 Å². The van der Waals surface area contributed by atoms with Gasteiger partial charge in [0.1, 0.15) is 5.41 Å². The summed E-state index contributed by atoms with van der Waals surface area (Å²) in [5.74, 6) is -0.986. The first kappa shape index (κ1) is 9.45. The van der Waals surface area contributed by atoms with Gasteiger partial charge in [-0.1, -0.05) is 0 Å². The van der Waals surface area contributed by atoms with Crippen LogP contribution in [0.4, 0.5) is 0 Å². The fraction of sp³-hybridized carbons (Fsp3) is 0.778. The number of likely N-dealkylation sites (tertiary alicyclic amines) is 1. The number of fused-ring (bicyclic) bond motifs is 1. The highest BCUT2D eigenvalue weighted by atomic mass is 16.4. The molecule has 0 bridgehead atoms. The third kappa shape index (κ3) is 1.19. The van der Waals surface area contributed by atoms with Gasteiger partial charge in [0, 0.05) is 19.0 Å². The molecule has 0 aromatic heterocycles. The van der Waals surface area contributed by atoms with Crippen molar-refractivity contribution < 1.29 is 14.7 Å². The number of carbonyl (C=O) groups excluding carboxylic acids is 1. The maximum Gasteiger partial charge on any atom is 0.313 e. The van der Waals surface area contributed by atoms with Crippen LogP contribution in [-0.4, -0.2) is 48.1 Å². The van der Waals surface area contributed by atoms with E-state index in [4.69, 9.17) is 0 Å². The Kier molecular flexibility index (Phi) is 1.99. The van der Waals surface area contributed by atoms with Crippen LogP contribution in [0.1, 0.15) is 12.8 Å². The molecule has 0 aromatic carbocycles. The molecule has 0 spiro atoms. The van der Waals surface area contributed by atoms with E-state index in [0.717, 1.165) is 13.0 Å². The molecule has 2 heterocycles. The van der Waals surface area contributed by atoms with Crippen molar-refractivity contribution in [2.24, 2.45) is 5.41 Å². The van der Waals surface area contributed by atoms with E-state index in [2.05, 4.69) is 5.32 Å². The number of aliphatic carboxylic acids is 1. The molecule has 0 aliphatic carbocycles. The second-order valence-corrected chi connectivity index (χ2v) is 4.28. The largest absolute Gasteiger partial charge is 0.481 e. The second kappa shape index (κ2) is 2.95. The van der Waals surface area contributed by atoms with Gasteiger partial charge in [-0.25, -0.2) is 0 Å². The molecule has 2 aliphatic rings. The molecule has 2 aliphatic heterocycles. The van der Waals surface area contributed by atoms with E-state index in [1.165, 1.54) is 0 Å². The Balaban J connectivity index is 2.30. The number of piperidine rings is 1. The van der Waals surface area contributed by atoms with Crippen molar-refractivity contribution in [3.63, 3.8) is 0 Å². The molecule has 5 nitrogen and oxygen atoms in total. The van der Waals surface area contributed by atoms with E-state index in [-0.39, 0.29) is 18.4 Å². The number of hydrogen-bond donors (Lipinski definition) is 2. The first-order valence-electron chi connectivity index (χ1n) is 4.76. The molecule has 2 rings (SSSR count).